The highest BCUT2D eigenvalue weighted by molar-refractivity contribution is 5.80. The molecule has 1 aromatic carbocycles. The number of rotatable bonds is 7. The lowest BCUT2D eigenvalue weighted by atomic mass is 10.1. The van der Waals surface area contributed by atoms with Gasteiger partial charge < -0.3 is 19.5 Å². The molecule has 1 saturated heterocycles. The molecule has 1 fully saturated rings. The van der Waals surface area contributed by atoms with Crippen LogP contribution in [-0.2, 0) is 13.0 Å². The van der Waals surface area contributed by atoms with Crippen LogP contribution in [0.25, 0.3) is 0 Å². The summed E-state index contributed by atoms with van der Waals surface area (Å²) in [5.41, 5.74) is 2.23. The van der Waals surface area contributed by atoms with Crippen LogP contribution in [0.2, 0.25) is 0 Å². The summed E-state index contributed by atoms with van der Waals surface area (Å²) < 4.78 is 10.2. The van der Waals surface area contributed by atoms with Crippen LogP contribution in [0.15, 0.2) is 46.1 Å². The molecule has 2 aromatic rings. The van der Waals surface area contributed by atoms with Crippen molar-refractivity contribution in [3.8, 4) is 5.75 Å². The Labute approximate surface area is 161 Å². The number of guanidine groups is 1. The van der Waals surface area contributed by atoms with Gasteiger partial charge in [-0.2, -0.15) is 0 Å². The number of benzene rings is 1. The molecule has 146 valence electrons. The summed E-state index contributed by atoms with van der Waals surface area (Å²) >= 11 is 0. The number of methoxy groups -OCH3 is 1. The van der Waals surface area contributed by atoms with E-state index in [0.29, 0.717) is 0 Å². The van der Waals surface area contributed by atoms with E-state index in [1.807, 2.05) is 18.2 Å². The van der Waals surface area contributed by atoms with E-state index in [4.69, 9.17) is 14.3 Å². The highest BCUT2D eigenvalue weighted by atomic mass is 16.5. The molecule has 27 heavy (non-hydrogen) atoms. The van der Waals surface area contributed by atoms with Crippen molar-refractivity contribution < 1.29 is 9.26 Å². The normalized spacial score (nSPS) is 15.8. The van der Waals surface area contributed by atoms with E-state index in [1.165, 1.54) is 5.56 Å². The van der Waals surface area contributed by atoms with Gasteiger partial charge in [-0.15, -0.1) is 0 Å². The Morgan fingerprint density at radius 3 is 2.81 bits per heavy atom. The topological polar surface area (TPSA) is 66.1 Å². The lowest BCUT2D eigenvalue weighted by Crippen LogP contribution is -2.52. The standard InChI is InChI=1S/C20H29N5O2/c1-3-21-20(22-9-7-17-5-4-6-19(15-17)26-2)25-12-10-24(11-13-25)16-18-8-14-27-23-18/h4-6,8,14-15H,3,7,9-13,16H2,1-2H3,(H,21,22). The van der Waals surface area contributed by atoms with Crippen molar-refractivity contribution >= 4 is 5.96 Å². The number of hydrogen-bond acceptors (Lipinski definition) is 5. The predicted octanol–water partition coefficient (Wildman–Crippen LogP) is 2.01. The minimum atomic E-state index is 0.759. The highest BCUT2D eigenvalue weighted by Gasteiger charge is 2.20. The molecule has 0 atom stereocenters. The maximum Gasteiger partial charge on any atom is 0.194 e. The highest BCUT2D eigenvalue weighted by Crippen LogP contribution is 2.13. The Hall–Kier alpha value is -2.54. The molecule has 0 amide bonds. The molecule has 0 bridgehead atoms. The van der Waals surface area contributed by atoms with Crippen LogP contribution in [0.3, 0.4) is 0 Å². The first-order valence-corrected chi connectivity index (χ1v) is 9.56. The number of hydrogen-bond donors (Lipinski definition) is 1. The van der Waals surface area contributed by atoms with E-state index in [9.17, 15) is 0 Å². The van der Waals surface area contributed by atoms with Gasteiger partial charge in [0, 0.05) is 51.9 Å². The number of aliphatic imine (C=N–C) groups is 1. The molecule has 2 heterocycles. The monoisotopic (exact) mass is 371 g/mol. The van der Waals surface area contributed by atoms with Crippen molar-refractivity contribution in [1.82, 2.24) is 20.3 Å². The van der Waals surface area contributed by atoms with Crippen LogP contribution in [0.4, 0.5) is 0 Å². The Bertz CT molecular complexity index is 709. The van der Waals surface area contributed by atoms with E-state index in [1.54, 1.807) is 13.4 Å². The zero-order valence-electron chi connectivity index (χ0n) is 16.2. The van der Waals surface area contributed by atoms with E-state index >= 15 is 0 Å². The zero-order chi connectivity index (χ0) is 18.9. The Morgan fingerprint density at radius 1 is 1.26 bits per heavy atom. The Balaban J connectivity index is 1.51. The molecule has 1 aliphatic rings. The molecule has 1 N–H and O–H groups in total. The third-order valence-corrected chi connectivity index (χ3v) is 4.68. The van der Waals surface area contributed by atoms with Gasteiger partial charge in [-0.3, -0.25) is 9.89 Å². The van der Waals surface area contributed by atoms with Crippen molar-refractivity contribution in [2.45, 2.75) is 19.9 Å². The fourth-order valence-corrected chi connectivity index (χ4v) is 3.21. The zero-order valence-corrected chi connectivity index (χ0v) is 16.2. The van der Waals surface area contributed by atoms with Crippen LogP contribution >= 0.6 is 0 Å². The third-order valence-electron chi connectivity index (χ3n) is 4.68. The molecular weight excluding hydrogens is 342 g/mol. The van der Waals surface area contributed by atoms with Crippen molar-refractivity contribution in [2.75, 3.05) is 46.4 Å². The molecule has 7 heteroatoms. The average molecular weight is 371 g/mol. The van der Waals surface area contributed by atoms with Crippen molar-refractivity contribution in [1.29, 1.82) is 0 Å². The molecule has 0 aliphatic carbocycles. The van der Waals surface area contributed by atoms with Gasteiger partial charge in [0.25, 0.3) is 0 Å². The van der Waals surface area contributed by atoms with Gasteiger partial charge in [-0.05, 0) is 31.0 Å². The Kier molecular flexibility index (Phi) is 7.10. The maximum atomic E-state index is 5.29. The van der Waals surface area contributed by atoms with Crippen LogP contribution in [0.5, 0.6) is 5.75 Å². The number of piperazine rings is 1. The number of ether oxygens (including phenoxy) is 1. The summed E-state index contributed by atoms with van der Waals surface area (Å²) in [4.78, 5) is 9.57. The van der Waals surface area contributed by atoms with Gasteiger partial charge in [0.15, 0.2) is 5.96 Å². The first-order chi connectivity index (χ1) is 13.3. The summed E-state index contributed by atoms with van der Waals surface area (Å²) in [7, 11) is 1.70. The van der Waals surface area contributed by atoms with E-state index in [-0.39, 0.29) is 0 Å². The van der Waals surface area contributed by atoms with Gasteiger partial charge in [0.1, 0.15) is 12.0 Å². The van der Waals surface area contributed by atoms with Crippen molar-refractivity contribution in [3.05, 3.63) is 47.9 Å². The van der Waals surface area contributed by atoms with Gasteiger partial charge in [0.2, 0.25) is 0 Å². The largest absolute Gasteiger partial charge is 0.497 e. The second kappa shape index (κ2) is 9.97. The SMILES string of the molecule is CCNC(=NCCc1cccc(OC)c1)N1CCN(Cc2ccon2)CC1. The second-order valence-electron chi connectivity index (χ2n) is 6.59. The fourth-order valence-electron chi connectivity index (χ4n) is 3.21. The summed E-state index contributed by atoms with van der Waals surface area (Å²) in [5.74, 6) is 1.90. The molecule has 0 unspecified atom stereocenters. The fraction of sp³-hybridized carbons (Fsp3) is 0.500. The quantitative estimate of drug-likeness (QED) is 0.593. The first-order valence-electron chi connectivity index (χ1n) is 9.56. The molecule has 1 aromatic heterocycles. The summed E-state index contributed by atoms with van der Waals surface area (Å²) in [6.45, 7) is 8.49. The molecular formula is C20H29N5O2. The van der Waals surface area contributed by atoms with Crippen LogP contribution < -0.4 is 10.1 Å². The van der Waals surface area contributed by atoms with E-state index in [2.05, 4.69) is 39.3 Å². The lowest BCUT2D eigenvalue weighted by molar-refractivity contribution is 0.169. The minimum absolute atomic E-state index is 0.759. The van der Waals surface area contributed by atoms with Gasteiger partial charge >= 0.3 is 0 Å². The second-order valence-corrected chi connectivity index (χ2v) is 6.59. The minimum Gasteiger partial charge on any atom is -0.497 e. The summed E-state index contributed by atoms with van der Waals surface area (Å²) in [5, 5.41) is 7.43. The lowest BCUT2D eigenvalue weighted by Gasteiger charge is -2.36. The molecule has 0 spiro atoms. The van der Waals surface area contributed by atoms with Gasteiger partial charge in [-0.25, -0.2) is 0 Å². The van der Waals surface area contributed by atoms with Crippen LogP contribution in [0.1, 0.15) is 18.2 Å². The maximum absolute atomic E-state index is 5.29. The third kappa shape index (κ3) is 5.72. The van der Waals surface area contributed by atoms with Gasteiger partial charge in [0.05, 0.1) is 12.8 Å². The van der Waals surface area contributed by atoms with E-state index in [0.717, 1.165) is 69.6 Å². The molecule has 3 rings (SSSR count). The number of aromatic nitrogens is 1. The molecule has 0 radical (unpaired) electrons. The summed E-state index contributed by atoms with van der Waals surface area (Å²) in [6.07, 6.45) is 2.53. The van der Waals surface area contributed by atoms with Gasteiger partial charge in [-0.1, -0.05) is 17.3 Å². The van der Waals surface area contributed by atoms with Crippen molar-refractivity contribution in [2.24, 2.45) is 4.99 Å². The first kappa shape index (κ1) is 19.2. The number of nitrogens with one attached hydrogen (secondary N) is 1. The summed E-state index contributed by atoms with van der Waals surface area (Å²) in [6, 6.07) is 10.1. The molecule has 0 saturated carbocycles. The van der Waals surface area contributed by atoms with Crippen molar-refractivity contribution in [3.63, 3.8) is 0 Å². The van der Waals surface area contributed by atoms with Crippen LogP contribution in [0, 0.1) is 0 Å². The Morgan fingerprint density at radius 2 is 2.11 bits per heavy atom. The predicted molar refractivity (Wildman–Crippen MR) is 106 cm³/mol. The smallest absolute Gasteiger partial charge is 0.194 e. The molecule has 1 aliphatic heterocycles. The van der Waals surface area contributed by atoms with E-state index < -0.39 is 0 Å². The molecule has 7 nitrogen and oxygen atoms in total. The van der Waals surface area contributed by atoms with Crippen LogP contribution in [-0.4, -0.2) is 67.3 Å². The average Bonchev–Trinajstić information content (AvgIpc) is 3.21. The number of nitrogens with zero attached hydrogens (tertiary/aromatic N) is 4.